The highest BCUT2D eigenvalue weighted by Gasteiger charge is 2.42. The van der Waals surface area contributed by atoms with Gasteiger partial charge < -0.3 is 9.26 Å². The highest BCUT2D eigenvalue weighted by atomic mass is 16.6. The molecule has 1 heterocycles. The van der Waals surface area contributed by atoms with Gasteiger partial charge in [0.1, 0.15) is 11.4 Å². The lowest BCUT2D eigenvalue weighted by Crippen LogP contribution is -2.44. The van der Waals surface area contributed by atoms with Gasteiger partial charge in [-0.2, -0.15) is 0 Å². The Kier molecular flexibility index (Phi) is 5.59. The largest absolute Gasteiger partial charge is 0.443 e. The first-order valence-corrected chi connectivity index (χ1v) is 9.03. The van der Waals surface area contributed by atoms with Gasteiger partial charge in [-0.25, -0.2) is 9.69 Å². The number of aromatic nitrogens is 1. The van der Waals surface area contributed by atoms with Crippen LogP contribution < -0.4 is 0 Å². The molecule has 1 aromatic heterocycles. The number of ether oxygens (including phenoxy) is 1. The number of hydrogen-bond donors (Lipinski definition) is 0. The van der Waals surface area contributed by atoms with E-state index in [1.807, 2.05) is 6.92 Å². The van der Waals surface area contributed by atoms with Crippen LogP contribution in [0, 0.1) is 5.92 Å². The maximum absolute atomic E-state index is 12.8. The molecule has 0 N–H and O–H groups in total. The Morgan fingerprint density at radius 1 is 1.40 bits per heavy atom. The van der Waals surface area contributed by atoms with Crippen molar-refractivity contribution in [1.82, 2.24) is 10.1 Å². The maximum atomic E-state index is 12.8. The van der Waals surface area contributed by atoms with Crippen LogP contribution >= 0.6 is 0 Å². The fraction of sp³-hybridized carbons (Fsp3) is 0.737. The lowest BCUT2D eigenvalue weighted by molar-refractivity contribution is -0.132. The maximum Gasteiger partial charge on any atom is 0.417 e. The third kappa shape index (κ3) is 4.41. The van der Waals surface area contributed by atoms with Crippen molar-refractivity contribution in [2.45, 2.75) is 78.2 Å². The Labute approximate surface area is 149 Å². The lowest BCUT2D eigenvalue weighted by atomic mass is 9.67. The highest BCUT2D eigenvalue weighted by molar-refractivity contribution is 5.92. The fourth-order valence-corrected chi connectivity index (χ4v) is 3.38. The first-order chi connectivity index (χ1) is 11.6. The van der Waals surface area contributed by atoms with Crippen molar-refractivity contribution in [3.8, 4) is 0 Å². The zero-order valence-corrected chi connectivity index (χ0v) is 16.2. The summed E-state index contributed by atoms with van der Waals surface area (Å²) in [5, 5.41) is 3.90. The molecule has 2 amide bonds. The van der Waals surface area contributed by atoms with Crippen molar-refractivity contribution in [2.24, 2.45) is 5.92 Å². The molecule has 1 aromatic rings. The van der Waals surface area contributed by atoms with Crippen LogP contribution in [0.5, 0.6) is 0 Å². The summed E-state index contributed by atoms with van der Waals surface area (Å²) >= 11 is 0. The summed E-state index contributed by atoms with van der Waals surface area (Å²) < 4.78 is 10.8. The third-order valence-electron chi connectivity index (χ3n) is 4.80. The summed E-state index contributed by atoms with van der Waals surface area (Å²) in [7, 11) is 0. The molecule has 6 heteroatoms. The first-order valence-electron chi connectivity index (χ1n) is 9.03. The van der Waals surface area contributed by atoms with Gasteiger partial charge in [-0.15, -0.1) is 0 Å². The Morgan fingerprint density at radius 3 is 2.68 bits per heavy atom. The Morgan fingerprint density at radius 2 is 2.08 bits per heavy atom. The molecule has 2 rings (SSSR count). The van der Waals surface area contributed by atoms with Crippen molar-refractivity contribution < 1.29 is 18.8 Å². The van der Waals surface area contributed by atoms with E-state index < -0.39 is 11.7 Å². The molecule has 0 saturated carbocycles. The minimum atomic E-state index is -0.623. The molecule has 25 heavy (non-hydrogen) atoms. The summed E-state index contributed by atoms with van der Waals surface area (Å²) in [6.07, 6.45) is 3.92. The van der Waals surface area contributed by atoms with E-state index in [1.165, 1.54) is 4.90 Å². The number of nitrogens with zero attached hydrogens (tertiary/aromatic N) is 2. The van der Waals surface area contributed by atoms with E-state index in [0.29, 0.717) is 19.4 Å². The van der Waals surface area contributed by atoms with E-state index in [4.69, 9.17) is 9.26 Å². The highest BCUT2D eigenvalue weighted by Crippen LogP contribution is 2.43. The quantitative estimate of drug-likeness (QED) is 0.818. The minimum absolute atomic E-state index is 0.0993. The van der Waals surface area contributed by atoms with Gasteiger partial charge in [-0.05, 0) is 46.0 Å². The van der Waals surface area contributed by atoms with E-state index >= 15 is 0 Å². The first kappa shape index (κ1) is 19.5. The van der Waals surface area contributed by atoms with E-state index in [2.05, 4.69) is 19.0 Å². The molecule has 140 valence electrons. The van der Waals surface area contributed by atoms with E-state index in [-0.39, 0.29) is 17.2 Å². The fourth-order valence-electron chi connectivity index (χ4n) is 3.38. The minimum Gasteiger partial charge on any atom is -0.443 e. The van der Waals surface area contributed by atoms with Crippen LogP contribution in [0.25, 0.3) is 0 Å². The summed E-state index contributed by atoms with van der Waals surface area (Å²) in [6.45, 7) is 11.9. The molecular weight excluding hydrogens is 320 g/mol. The summed E-state index contributed by atoms with van der Waals surface area (Å²) in [4.78, 5) is 26.5. The number of rotatable bonds is 4. The van der Waals surface area contributed by atoms with E-state index in [9.17, 15) is 9.59 Å². The van der Waals surface area contributed by atoms with Gasteiger partial charge in [0.05, 0.1) is 6.20 Å². The van der Waals surface area contributed by atoms with E-state index in [1.54, 1.807) is 27.0 Å². The standard InChI is InChI=1S/C19H30N2O4/c1-7-10-21(17(23)24-18(2,3)4)15(22)11-14-9-8-13-12-20-25-16(13)19(14,5)6/h12,14H,7-11H2,1-6H3/t14-/m1/s1. The topological polar surface area (TPSA) is 72.6 Å². The molecule has 0 unspecified atom stereocenters. The second-order valence-corrected chi connectivity index (χ2v) is 8.37. The smallest absolute Gasteiger partial charge is 0.417 e. The van der Waals surface area contributed by atoms with Crippen molar-refractivity contribution >= 4 is 12.0 Å². The van der Waals surface area contributed by atoms with Gasteiger partial charge in [-0.1, -0.05) is 25.9 Å². The predicted octanol–water partition coefficient (Wildman–Crippen LogP) is 4.08. The molecule has 6 nitrogen and oxygen atoms in total. The monoisotopic (exact) mass is 350 g/mol. The van der Waals surface area contributed by atoms with Crippen molar-refractivity contribution in [1.29, 1.82) is 0 Å². The molecule has 0 aromatic carbocycles. The van der Waals surface area contributed by atoms with Gasteiger partial charge in [0.2, 0.25) is 5.91 Å². The summed E-state index contributed by atoms with van der Waals surface area (Å²) in [6, 6.07) is 0. The number of carbonyl (C=O) groups is 2. The number of amides is 2. The second kappa shape index (κ2) is 7.18. The number of aryl methyl sites for hydroxylation is 1. The van der Waals surface area contributed by atoms with Gasteiger partial charge in [0, 0.05) is 23.9 Å². The average molecular weight is 350 g/mol. The number of hydrogen-bond acceptors (Lipinski definition) is 5. The number of imide groups is 1. The Bertz CT molecular complexity index is 628. The van der Waals surface area contributed by atoms with Gasteiger partial charge in [0.25, 0.3) is 0 Å². The number of carbonyl (C=O) groups excluding carboxylic acids is 2. The van der Waals surface area contributed by atoms with Crippen LogP contribution in [-0.2, 0) is 21.4 Å². The van der Waals surface area contributed by atoms with Crippen LogP contribution in [0.2, 0.25) is 0 Å². The predicted molar refractivity (Wildman–Crippen MR) is 94.2 cm³/mol. The molecule has 0 radical (unpaired) electrons. The van der Waals surface area contributed by atoms with Crippen molar-refractivity contribution in [2.75, 3.05) is 6.54 Å². The van der Waals surface area contributed by atoms with Crippen LogP contribution in [-0.4, -0.2) is 34.2 Å². The molecule has 0 fully saturated rings. The zero-order chi connectivity index (χ0) is 18.8. The Hall–Kier alpha value is -1.85. The molecule has 0 saturated heterocycles. The van der Waals surface area contributed by atoms with Crippen molar-refractivity contribution in [3.63, 3.8) is 0 Å². The SMILES string of the molecule is CCCN(C(=O)C[C@H]1CCc2cnoc2C1(C)C)C(=O)OC(C)(C)C. The van der Waals surface area contributed by atoms with Crippen LogP contribution in [0.15, 0.2) is 10.7 Å². The average Bonchev–Trinajstić information content (AvgIpc) is 2.95. The normalized spacial score (nSPS) is 19.2. The summed E-state index contributed by atoms with van der Waals surface area (Å²) in [5.41, 5.74) is 0.208. The van der Waals surface area contributed by atoms with Crippen LogP contribution in [0.1, 0.15) is 72.1 Å². The third-order valence-corrected chi connectivity index (χ3v) is 4.80. The molecule has 0 aliphatic heterocycles. The molecule has 1 aliphatic carbocycles. The van der Waals surface area contributed by atoms with Crippen molar-refractivity contribution in [3.05, 3.63) is 17.5 Å². The van der Waals surface area contributed by atoms with E-state index in [0.717, 1.165) is 24.2 Å². The second-order valence-electron chi connectivity index (χ2n) is 8.37. The molecule has 1 atom stereocenters. The number of fused-ring (bicyclic) bond motifs is 1. The van der Waals surface area contributed by atoms with Crippen LogP contribution in [0.3, 0.4) is 0 Å². The summed E-state index contributed by atoms with van der Waals surface area (Å²) in [5.74, 6) is 0.773. The van der Waals surface area contributed by atoms with Gasteiger partial charge in [-0.3, -0.25) is 4.79 Å². The molecular formula is C19H30N2O4. The zero-order valence-electron chi connectivity index (χ0n) is 16.2. The Balaban J connectivity index is 2.12. The molecule has 0 bridgehead atoms. The van der Waals surface area contributed by atoms with Gasteiger partial charge in [0.15, 0.2) is 0 Å². The lowest BCUT2D eigenvalue weighted by Gasteiger charge is -2.37. The molecule has 1 aliphatic rings. The van der Waals surface area contributed by atoms with Crippen LogP contribution in [0.4, 0.5) is 4.79 Å². The van der Waals surface area contributed by atoms with Gasteiger partial charge >= 0.3 is 6.09 Å². The molecule has 0 spiro atoms.